The maximum Gasteiger partial charge on any atom is 0.304 e. The van der Waals surface area contributed by atoms with Gasteiger partial charge in [-0.15, -0.1) is 0 Å². The van der Waals surface area contributed by atoms with Crippen LogP contribution in [0.2, 0.25) is 0 Å². The molecule has 0 aliphatic heterocycles. The molecule has 1 aromatic carbocycles. The van der Waals surface area contributed by atoms with Gasteiger partial charge in [-0.3, -0.25) is 4.79 Å². The third kappa shape index (κ3) is 3.12. The van der Waals surface area contributed by atoms with Gasteiger partial charge < -0.3 is 5.11 Å². The number of halogens is 5. The Hall–Kier alpha value is -1.31. The number of benzene rings is 1. The van der Waals surface area contributed by atoms with Crippen molar-refractivity contribution in [3.63, 3.8) is 0 Å². The smallest absolute Gasteiger partial charge is 0.304 e. The highest BCUT2D eigenvalue weighted by molar-refractivity contribution is 7.98. The van der Waals surface area contributed by atoms with E-state index in [0.717, 1.165) is 11.8 Å². The molecule has 0 amide bonds. The highest BCUT2D eigenvalue weighted by Crippen LogP contribution is 2.26. The molecule has 0 unspecified atom stereocenters. The van der Waals surface area contributed by atoms with Crippen LogP contribution in [0.4, 0.5) is 22.0 Å². The molecule has 0 radical (unpaired) electrons. The fourth-order valence-corrected chi connectivity index (χ4v) is 2.03. The van der Waals surface area contributed by atoms with Gasteiger partial charge in [-0.2, -0.15) is 11.8 Å². The van der Waals surface area contributed by atoms with Crippen LogP contribution in [0, 0.1) is 29.1 Å². The molecule has 18 heavy (non-hydrogen) atoms. The number of thioether (sulfide) groups is 1. The van der Waals surface area contributed by atoms with Crippen molar-refractivity contribution in [2.75, 3.05) is 5.75 Å². The van der Waals surface area contributed by atoms with Crippen LogP contribution in [-0.4, -0.2) is 16.8 Å². The van der Waals surface area contributed by atoms with Gasteiger partial charge in [0, 0.05) is 17.1 Å². The van der Waals surface area contributed by atoms with Gasteiger partial charge in [0.05, 0.1) is 6.42 Å². The summed E-state index contributed by atoms with van der Waals surface area (Å²) in [7, 11) is 0. The van der Waals surface area contributed by atoms with Crippen LogP contribution < -0.4 is 0 Å². The van der Waals surface area contributed by atoms with Crippen molar-refractivity contribution in [2.45, 2.75) is 12.2 Å². The first-order valence-electron chi connectivity index (χ1n) is 4.66. The number of hydrogen-bond donors (Lipinski definition) is 1. The molecule has 0 heterocycles. The van der Waals surface area contributed by atoms with E-state index in [-0.39, 0.29) is 12.2 Å². The highest BCUT2D eigenvalue weighted by Gasteiger charge is 2.25. The average molecular weight is 286 g/mol. The van der Waals surface area contributed by atoms with Gasteiger partial charge in [-0.05, 0) is 0 Å². The Bertz CT molecular complexity index is 449. The zero-order valence-electron chi connectivity index (χ0n) is 8.77. The third-order valence-electron chi connectivity index (χ3n) is 2.01. The van der Waals surface area contributed by atoms with Crippen molar-refractivity contribution in [3.05, 3.63) is 34.6 Å². The second-order valence-corrected chi connectivity index (χ2v) is 4.35. The molecule has 0 fully saturated rings. The van der Waals surface area contributed by atoms with Crippen LogP contribution in [0.1, 0.15) is 12.0 Å². The summed E-state index contributed by atoms with van der Waals surface area (Å²) in [6, 6.07) is 0. The second kappa shape index (κ2) is 6.03. The minimum Gasteiger partial charge on any atom is -0.481 e. The summed E-state index contributed by atoms with van der Waals surface area (Å²) in [5, 5.41) is 8.31. The Labute approximate surface area is 103 Å². The summed E-state index contributed by atoms with van der Waals surface area (Å²) in [4.78, 5) is 10.2. The van der Waals surface area contributed by atoms with E-state index in [1.165, 1.54) is 0 Å². The molecule has 0 bridgehead atoms. The number of carboxylic acids is 1. The number of rotatable bonds is 5. The molecule has 0 aromatic heterocycles. The van der Waals surface area contributed by atoms with Crippen molar-refractivity contribution in [1.82, 2.24) is 0 Å². The Balaban J connectivity index is 2.86. The fraction of sp³-hybridized carbons (Fsp3) is 0.300. The molecular formula is C10H7F5O2S. The van der Waals surface area contributed by atoms with E-state index >= 15 is 0 Å². The molecule has 0 saturated heterocycles. The maximum atomic E-state index is 13.1. The molecule has 0 aliphatic rings. The SMILES string of the molecule is O=C(O)CCSCc1c(F)c(F)c(F)c(F)c1F. The molecule has 1 aromatic rings. The summed E-state index contributed by atoms with van der Waals surface area (Å²) in [5.74, 6) is -11.5. The Morgan fingerprint density at radius 3 is 1.83 bits per heavy atom. The third-order valence-corrected chi connectivity index (χ3v) is 2.99. The second-order valence-electron chi connectivity index (χ2n) is 3.24. The van der Waals surface area contributed by atoms with Crippen LogP contribution in [0.3, 0.4) is 0 Å². The maximum absolute atomic E-state index is 13.1. The van der Waals surface area contributed by atoms with Crippen LogP contribution in [0.15, 0.2) is 0 Å². The molecule has 8 heteroatoms. The molecule has 2 nitrogen and oxygen atoms in total. The first-order valence-corrected chi connectivity index (χ1v) is 5.81. The summed E-state index contributed by atoms with van der Waals surface area (Å²) in [6.07, 6.45) is -0.264. The van der Waals surface area contributed by atoms with Gasteiger partial charge in [0.25, 0.3) is 0 Å². The molecule has 0 aliphatic carbocycles. The van der Waals surface area contributed by atoms with Crippen molar-refractivity contribution in [2.24, 2.45) is 0 Å². The zero-order chi connectivity index (χ0) is 13.9. The molecule has 0 spiro atoms. The van der Waals surface area contributed by atoms with Crippen molar-refractivity contribution < 1.29 is 31.9 Å². The predicted molar refractivity (Wildman–Crippen MR) is 54.6 cm³/mol. The van der Waals surface area contributed by atoms with Crippen LogP contribution in [-0.2, 0) is 10.5 Å². The summed E-state index contributed by atoms with van der Waals surface area (Å²) in [6.45, 7) is 0. The van der Waals surface area contributed by atoms with E-state index in [4.69, 9.17) is 5.11 Å². The summed E-state index contributed by atoms with van der Waals surface area (Å²) in [5.41, 5.74) is -0.943. The molecule has 1 N–H and O–H groups in total. The zero-order valence-corrected chi connectivity index (χ0v) is 9.59. The lowest BCUT2D eigenvalue weighted by Crippen LogP contribution is -2.06. The van der Waals surface area contributed by atoms with E-state index in [2.05, 4.69) is 0 Å². The van der Waals surface area contributed by atoms with E-state index < -0.39 is 46.4 Å². The van der Waals surface area contributed by atoms with E-state index in [9.17, 15) is 26.7 Å². The lowest BCUT2D eigenvalue weighted by molar-refractivity contribution is -0.136. The lowest BCUT2D eigenvalue weighted by atomic mass is 10.2. The van der Waals surface area contributed by atoms with Gasteiger partial charge in [0.15, 0.2) is 23.3 Å². The predicted octanol–water partition coefficient (Wildman–Crippen LogP) is 3.09. The Morgan fingerprint density at radius 2 is 1.39 bits per heavy atom. The normalized spacial score (nSPS) is 10.7. The molecule has 0 saturated carbocycles. The highest BCUT2D eigenvalue weighted by atomic mass is 32.2. The van der Waals surface area contributed by atoms with E-state index in [1.54, 1.807) is 0 Å². The molecule has 0 atom stereocenters. The van der Waals surface area contributed by atoms with E-state index in [1.807, 2.05) is 0 Å². The first kappa shape index (κ1) is 14.7. The molecule has 100 valence electrons. The first-order chi connectivity index (χ1) is 8.36. The standard InChI is InChI=1S/C10H7F5O2S/c11-6-4(3-18-2-1-5(16)17)7(12)9(14)10(15)8(6)13/h1-3H2,(H,16,17). The topological polar surface area (TPSA) is 37.3 Å². The molecular weight excluding hydrogens is 279 g/mol. The minimum absolute atomic E-state index is 0.00876. The van der Waals surface area contributed by atoms with Crippen LogP contribution in [0.25, 0.3) is 0 Å². The van der Waals surface area contributed by atoms with Gasteiger partial charge in [-0.25, -0.2) is 22.0 Å². The minimum atomic E-state index is -2.20. The summed E-state index contributed by atoms with van der Waals surface area (Å²) >= 11 is 0.770. The molecule has 1 rings (SSSR count). The van der Waals surface area contributed by atoms with Gasteiger partial charge >= 0.3 is 5.97 Å². The number of carboxylic acid groups (broad SMARTS) is 1. The van der Waals surface area contributed by atoms with Gasteiger partial charge in [0.1, 0.15) is 0 Å². The van der Waals surface area contributed by atoms with E-state index in [0.29, 0.717) is 0 Å². The number of hydrogen-bond acceptors (Lipinski definition) is 2. The van der Waals surface area contributed by atoms with Crippen molar-refractivity contribution in [1.29, 1.82) is 0 Å². The van der Waals surface area contributed by atoms with Crippen LogP contribution in [0.5, 0.6) is 0 Å². The Morgan fingerprint density at radius 1 is 0.944 bits per heavy atom. The quantitative estimate of drug-likeness (QED) is 0.391. The monoisotopic (exact) mass is 286 g/mol. The van der Waals surface area contributed by atoms with Crippen molar-refractivity contribution in [3.8, 4) is 0 Å². The largest absolute Gasteiger partial charge is 0.481 e. The van der Waals surface area contributed by atoms with Crippen molar-refractivity contribution >= 4 is 17.7 Å². The summed E-state index contributed by atoms with van der Waals surface area (Å²) < 4.78 is 64.5. The van der Waals surface area contributed by atoms with Gasteiger partial charge in [-0.1, -0.05) is 0 Å². The van der Waals surface area contributed by atoms with Crippen LogP contribution >= 0.6 is 11.8 Å². The number of carbonyl (C=O) groups is 1. The van der Waals surface area contributed by atoms with Gasteiger partial charge in [0.2, 0.25) is 5.82 Å². The average Bonchev–Trinajstić information content (AvgIpc) is 2.32. The number of aliphatic carboxylic acids is 1. The lowest BCUT2D eigenvalue weighted by Gasteiger charge is -2.07. The Kier molecular flexibility index (Phi) is 4.94. The fourth-order valence-electron chi connectivity index (χ4n) is 1.11.